The summed E-state index contributed by atoms with van der Waals surface area (Å²) in [6.07, 6.45) is 5.29. The summed E-state index contributed by atoms with van der Waals surface area (Å²) in [7, 11) is 0. The molecule has 0 bridgehead atoms. The van der Waals surface area contributed by atoms with Crippen molar-refractivity contribution in [2.75, 3.05) is 0 Å². The van der Waals surface area contributed by atoms with Crippen LogP contribution in [0.15, 0.2) is 18.2 Å². The number of fused-ring (bicyclic) bond motifs is 1. The number of pyridine rings is 1. The van der Waals surface area contributed by atoms with Crippen LogP contribution in [0.1, 0.15) is 30.8 Å². The molecule has 1 nitrogen and oxygen atoms in total. The maximum atomic E-state index is 4.37. The van der Waals surface area contributed by atoms with E-state index in [4.69, 9.17) is 0 Å². The number of aromatic nitrogens is 1. The first-order valence-corrected chi connectivity index (χ1v) is 4.49. The second-order valence-corrected chi connectivity index (χ2v) is 2.60. The molecule has 0 radical (unpaired) electrons. The molecular formula is C11H15N. The van der Waals surface area contributed by atoms with Gasteiger partial charge in [0.2, 0.25) is 0 Å². The molecule has 12 heavy (non-hydrogen) atoms. The minimum absolute atomic E-state index is 1.06. The molecule has 0 atom stereocenters. The van der Waals surface area contributed by atoms with Gasteiger partial charge in [0.25, 0.3) is 0 Å². The molecule has 0 aliphatic heterocycles. The second-order valence-electron chi connectivity index (χ2n) is 2.60. The highest BCUT2D eigenvalue weighted by atomic mass is 14.7. The molecule has 1 aromatic rings. The molecule has 1 heteroatoms. The standard InChI is InChI=1S/C9H9N.C2H6/c1-7-5-6-8-3-2-4-9(8)10-7;1-2/h2,4-6H,3H2,1H3;1-2H3. The Morgan fingerprint density at radius 3 is 2.75 bits per heavy atom. The van der Waals surface area contributed by atoms with Crippen molar-refractivity contribution in [3.05, 3.63) is 35.2 Å². The van der Waals surface area contributed by atoms with Gasteiger partial charge >= 0.3 is 0 Å². The van der Waals surface area contributed by atoms with Crippen molar-refractivity contribution in [1.29, 1.82) is 0 Å². The molecule has 1 aromatic heterocycles. The highest BCUT2D eigenvalue weighted by Crippen LogP contribution is 2.16. The number of rotatable bonds is 0. The predicted octanol–water partition coefficient (Wildman–Crippen LogP) is 2.99. The van der Waals surface area contributed by atoms with Crippen LogP contribution in [0, 0.1) is 6.92 Å². The topological polar surface area (TPSA) is 12.9 Å². The highest BCUT2D eigenvalue weighted by Gasteiger charge is 2.04. The third-order valence-corrected chi connectivity index (χ3v) is 1.77. The lowest BCUT2D eigenvalue weighted by Gasteiger charge is -1.96. The van der Waals surface area contributed by atoms with E-state index in [1.807, 2.05) is 20.8 Å². The summed E-state index contributed by atoms with van der Waals surface area (Å²) in [5.41, 5.74) is 3.61. The summed E-state index contributed by atoms with van der Waals surface area (Å²) >= 11 is 0. The number of aryl methyl sites for hydroxylation is 1. The van der Waals surface area contributed by atoms with Gasteiger partial charge in [-0.3, -0.25) is 4.98 Å². The van der Waals surface area contributed by atoms with E-state index in [9.17, 15) is 0 Å². The first-order chi connectivity index (χ1) is 5.86. The van der Waals surface area contributed by atoms with Gasteiger partial charge in [0.05, 0.1) is 5.69 Å². The first-order valence-electron chi connectivity index (χ1n) is 4.49. The molecule has 0 saturated heterocycles. The van der Waals surface area contributed by atoms with Crippen LogP contribution in [0.2, 0.25) is 0 Å². The zero-order chi connectivity index (χ0) is 8.97. The number of nitrogens with zero attached hydrogens (tertiary/aromatic N) is 1. The van der Waals surface area contributed by atoms with Gasteiger partial charge in [-0.15, -0.1) is 0 Å². The van der Waals surface area contributed by atoms with E-state index in [2.05, 4.69) is 29.3 Å². The third kappa shape index (κ3) is 1.73. The first kappa shape index (κ1) is 8.98. The monoisotopic (exact) mass is 161 g/mol. The van der Waals surface area contributed by atoms with E-state index in [1.165, 1.54) is 5.56 Å². The van der Waals surface area contributed by atoms with E-state index in [0.717, 1.165) is 17.8 Å². The Balaban J connectivity index is 0.000000336. The Morgan fingerprint density at radius 2 is 2.00 bits per heavy atom. The number of allylic oxidation sites excluding steroid dienone is 1. The average molecular weight is 161 g/mol. The molecule has 1 heterocycles. The fourth-order valence-electron chi connectivity index (χ4n) is 1.22. The van der Waals surface area contributed by atoms with Crippen molar-refractivity contribution < 1.29 is 0 Å². The van der Waals surface area contributed by atoms with Gasteiger partial charge in [-0.1, -0.05) is 26.0 Å². The normalized spacial score (nSPS) is 11.9. The zero-order valence-corrected chi connectivity index (χ0v) is 7.96. The summed E-state index contributed by atoms with van der Waals surface area (Å²) in [5.74, 6) is 0. The summed E-state index contributed by atoms with van der Waals surface area (Å²) in [4.78, 5) is 4.37. The molecule has 0 amide bonds. The minimum Gasteiger partial charge on any atom is -0.253 e. The lowest BCUT2D eigenvalue weighted by Crippen LogP contribution is -1.87. The molecule has 0 unspecified atom stereocenters. The Morgan fingerprint density at radius 1 is 1.25 bits per heavy atom. The van der Waals surface area contributed by atoms with E-state index >= 15 is 0 Å². The van der Waals surface area contributed by atoms with Crippen LogP contribution in [-0.2, 0) is 6.42 Å². The van der Waals surface area contributed by atoms with Crippen LogP contribution in [-0.4, -0.2) is 4.98 Å². The zero-order valence-electron chi connectivity index (χ0n) is 7.96. The molecule has 0 fully saturated rings. The Bertz CT molecular complexity index is 287. The Labute approximate surface area is 74.2 Å². The van der Waals surface area contributed by atoms with E-state index in [0.29, 0.717) is 0 Å². The van der Waals surface area contributed by atoms with Crippen LogP contribution in [0.5, 0.6) is 0 Å². The largest absolute Gasteiger partial charge is 0.253 e. The van der Waals surface area contributed by atoms with Crippen molar-refractivity contribution in [3.63, 3.8) is 0 Å². The molecule has 2 rings (SSSR count). The van der Waals surface area contributed by atoms with Gasteiger partial charge in [-0.05, 0) is 31.1 Å². The predicted molar refractivity (Wildman–Crippen MR) is 53.1 cm³/mol. The fourth-order valence-corrected chi connectivity index (χ4v) is 1.22. The number of hydrogen-bond donors (Lipinski definition) is 0. The van der Waals surface area contributed by atoms with E-state index in [1.54, 1.807) is 0 Å². The highest BCUT2D eigenvalue weighted by molar-refractivity contribution is 5.55. The maximum absolute atomic E-state index is 4.37. The van der Waals surface area contributed by atoms with E-state index in [-0.39, 0.29) is 0 Å². The smallest absolute Gasteiger partial charge is 0.0664 e. The van der Waals surface area contributed by atoms with Gasteiger partial charge in [-0.25, -0.2) is 0 Å². The van der Waals surface area contributed by atoms with Gasteiger partial charge in [0.1, 0.15) is 0 Å². The summed E-state index contributed by atoms with van der Waals surface area (Å²) in [5, 5.41) is 0. The van der Waals surface area contributed by atoms with Gasteiger partial charge in [0, 0.05) is 5.69 Å². The summed E-state index contributed by atoms with van der Waals surface area (Å²) in [6.45, 7) is 6.02. The van der Waals surface area contributed by atoms with Crippen LogP contribution >= 0.6 is 0 Å². The second kappa shape index (κ2) is 4.05. The van der Waals surface area contributed by atoms with Crippen molar-refractivity contribution in [2.45, 2.75) is 27.2 Å². The van der Waals surface area contributed by atoms with Crippen molar-refractivity contribution in [3.8, 4) is 0 Å². The molecule has 1 aliphatic carbocycles. The lowest BCUT2D eigenvalue weighted by molar-refractivity contribution is 1.14. The molecule has 0 aromatic carbocycles. The number of hydrogen-bond acceptors (Lipinski definition) is 1. The fraction of sp³-hybridized carbons (Fsp3) is 0.364. The summed E-state index contributed by atoms with van der Waals surface area (Å²) in [6, 6.07) is 4.21. The quantitative estimate of drug-likeness (QED) is 0.570. The summed E-state index contributed by atoms with van der Waals surface area (Å²) < 4.78 is 0. The SMILES string of the molecule is CC.Cc1ccc2c(n1)C=CC2. The van der Waals surface area contributed by atoms with Crippen LogP contribution in [0.3, 0.4) is 0 Å². The molecular weight excluding hydrogens is 146 g/mol. The Hall–Kier alpha value is -1.11. The van der Waals surface area contributed by atoms with Crippen molar-refractivity contribution in [2.24, 2.45) is 0 Å². The molecule has 0 N–H and O–H groups in total. The van der Waals surface area contributed by atoms with Gasteiger partial charge in [-0.2, -0.15) is 0 Å². The van der Waals surface area contributed by atoms with Crippen molar-refractivity contribution >= 4 is 6.08 Å². The molecule has 0 spiro atoms. The van der Waals surface area contributed by atoms with Crippen molar-refractivity contribution in [1.82, 2.24) is 4.98 Å². The van der Waals surface area contributed by atoms with Gasteiger partial charge < -0.3 is 0 Å². The molecule has 0 saturated carbocycles. The van der Waals surface area contributed by atoms with Gasteiger partial charge in [0.15, 0.2) is 0 Å². The van der Waals surface area contributed by atoms with Crippen LogP contribution < -0.4 is 0 Å². The maximum Gasteiger partial charge on any atom is 0.0664 e. The molecule has 64 valence electrons. The van der Waals surface area contributed by atoms with Crippen LogP contribution in [0.25, 0.3) is 6.08 Å². The Kier molecular flexibility index (Phi) is 3.03. The third-order valence-electron chi connectivity index (χ3n) is 1.77. The van der Waals surface area contributed by atoms with E-state index < -0.39 is 0 Å². The average Bonchev–Trinajstić information content (AvgIpc) is 2.54. The van der Waals surface area contributed by atoms with Crippen LogP contribution in [0.4, 0.5) is 0 Å². The molecule has 1 aliphatic rings. The minimum atomic E-state index is 1.06. The lowest BCUT2D eigenvalue weighted by atomic mass is 10.2.